The van der Waals surface area contributed by atoms with Crippen LogP contribution in [-0.2, 0) is 6.18 Å². The van der Waals surface area contributed by atoms with Crippen molar-refractivity contribution < 1.29 is 23.1 Å². The molecule has 0 atom stereocenters. The van der Waals surface area contributed by atoms with Gasteiger partial charge in [0.25, 0.3) is 0 Å². The summed E-state index contributed by atoms with van der Waals surface area (Å²) in [6, 6.07) is 4.94. The molecule has 95 valence electrons. The first kappa shape index (κ1) is 16.2. The van der Waals surface area contributed by atoms with Crippen LogP contribution in [0.3, 0.4) is 0 Å². The molecular formula is C11H6F3NNaO2S. The molecule has 1 aromatic heterocycles. The van der Waals surface area contributed by atoms with Crippen LogP contribution in [0.5, 0.6) is 0 Å². The molecule has 0 spiro atoms. The molecule has 0 unspecified atom stereocenters. The molecule has 0 aliphatic carbocycles. The summed E-state index contributed by atoms with van der Waals surface area (Å²) in [5, 5.41) is 8.76. The van der Waals surface area contributed by atoms with Crippen LogP contribution >= 0.6 is 11.3 Å². The minimum atomic E-state index is -4.49. The molecule has 0 amide bonds. The molecule has 1 heterocycles. The molecule has 19 heavy (non-hydrogen) atoms. The SMILES string of the molecule is O=C(O)c1cnc(-c2ccccc2C(F)(F)F)s1.[Na]. The zero-order chi connectivity index (χ0) is 13.3. The summed E-state index contributed by atoms with van der Waals surface area (Å²) in [7, 11) is 0. The smallest absolute Gasteiger partial charge is 0.417 e. The van der Waals surface area contributed by atoms with Crippen LogP contribution in [0.25, 0.3) is 10.6 Å². The minimum Gasteiger partial charge on any atom is -0.477 e. The van der Waals surface area contributed by atoms with E-state index in [1.165, 1.54) is 18.2 Å². The van der Waals surface area contributed by atoms with Crippen LogP contribution in [0.4, 0.5) is 13.2 Å². The summed E-state index contributed by atoms with van der Waals surface area (Å²) in [4.78, 5) is 14.3. The Balaban J connectivity index is 0.00000180. The van der Waals surface area contributed by atoms with E-state index < -0.39 is 17.7 Å². The van der Waals surface area contributed by atoms with E-state index in [4.69, 9.17) is 5.11 Å². The molecule has 1 radical (unpaired) electrons. The van der Waals surface area contributed by atoms with Crippen molar-refractivity contribution in [3.8, 4) is 10.6 Å². The predicted molar refractivity (Wildman–Crippen MR) is 65.3 cm³/mol. The Kier molecular flexibility index (Phi) is 5.14. The summed E-state index contributed by atoms with van der Waals surface area (Å²) >= 11 is 0.714. The maximum atomic E-state index is 12.8. The molecule has 0 bridgehead atoms. The van der Waals surface area contributed by atoms with E-state index >= 15 is 0 Å². The number of nitrogens with zero attached hydrogens (tertiary/aromatic N) is 1. The number of aromatic carboxylic acids is 1. The first-order valence-corrected chi connectivity index (χ1v) is 5.57. The van der Waals surface area contributed by atoms with Crippen molar-refractivity contribution in [2.24, 2.45) is 0 Å². The molecule has 0 fully saturated rings. The number of carbonyl (C=O) groups is 1. The van der Waals surface area contributed by atoms with Crippen molar-refractivity contribution in [2.75, 3.05) is 0 Å². The van der Waals surface area contributed by atoms with Gasteiger partial charge in [0.05, 0.1) is 11.8 Å². The van der Waals surface area contributed by atoms with Crippen molar-refractivity contribution in [2.45, 2.75) is 6.18 Å². The van der Waals surface area contributed by atoms with Crippen molar-refractivity contribution in [1.29, 1.82) is 0 Å². The number of rotatable bonds is 2. The maximum absolute atomic E-state index is 12.8. The predicted octanol–water partition coefficient (Wildman–Crippen LogP) is 3.15. The summed E-state index contributed by atoms with van der Waals surface area (Å²) in [5.74, 6) is -1.21. The third-order valence-electron chi connectivity index (χ3n) is 2.18. The van der Waals surface area contributed by atoms with Gasteiger partial charge >= 0.3 is 12.1 Å². The number of halogens is 3. The monoisotopic (exact) mass is 296 g/mol. The Bertz CT molecular complexity index is 598. The van der Waals surface area contributed by atoms with Gasteiger partial charge in [-0.05, 0) is 6.07 Å². The number of aromatic nitrogens is 1. The van der Waals surface area contributed by atoms with Gasteiger partial charge in [0.1, 0.15) is 9.88 Å². The molecule has 0 aliphatic heterocycles. The Morgan fingerprint density at radius 3 is 2.42 bits per heavy atom. The van der Waals surface area contributed by atoms with Gasteiger partial charge in [-0.15, -0.1) is 11.3 Å². The fraction of sp³-hybridized carbons (Fsp3) is 0.0909. The van der Waals surface area contributed by atoms with Gasteiger partial charge in [0, 0.05) is 35.1 Å². The van der Waals surface area contributed by atoms with Gasteiger partial charge in [0.2, 0.25) is 0 Å². The average molecular weight is 296 g/mol. The number of hydrogen-bond donors (Lipinski definition) is 1. The number of carboxylic acid groups (broad SMARTS) is 1. The van der Waals surface area contributed by atoms with E-state index in [2.05, 4.69) is 4.98 Å². The molecule has 3 nitrogen and oxygen atoms in total. The molecule has 1 N–H and O–H groups in total. The second-order valence-electron chi connectivity index (χ2n) is 3.38. The van der Waals surface area contributed by atoms with Crippen molar-refractivity contribution in [1.82, 2.24) is 4.98 Å². The third-order valence-corrected chi connectivity index (χ3v) is 3.20. The Hall–Kier alpha value is -0.890. The molecule has 0 saturated carbocycles. The van der Waals surface area contributed by atoms with Crippen LogP contribution in [0.15, 0.2) is 30.5 Å². The first-order chi connectivity index (χ1) is 8.39. The largest absolute Gasteiger partial charge is 0.477 e. The zero-order valence-corrected chi connectivity index (χ0v) is 12.5. The average Bonchev–Trinajstić information content (AvgIpc) is 2.77. The van der Waals surface area contributed by atoms with Crippen molar-refractivity contribution in [3.63, 3.8) is 0 Å². The standard InChI is InChI=1S/C11H6F3NO2S.Na/c12-11(13,14)7-4-2-1-3-6(7)9-15-5-8(18-9)10(16)17;/h1-5H,(H,16,17);. The molecule has 0 saturated heterocycles. The fourth-order valence-electron chi connectivity index (χ4n) is 1.41. The van der Waals surface area contributed by atoms with Crippen LogP contribution in [0.2, 0.25) is 0 Å². The number of carboxylic acids is 1. The van der Waals surface area contributed by atoms with E-state index in [0.717, 1.165) is 12.3 Å². The zero-order valence-electron chi connectivity index (χ0n) is 9.73. The topological polar surface area (TPSA) is 50.2 Å². The normalized spacial score (nSPS) is 10.9. The number of thiazole rings is 1. The first-order valence-electron chi connectivity index (χ1n) is 4.75. The van der Waals surface area contributed by atoms with Gasteiger partial charge in [0.15, 0.2) is 0 Å². The van der Waals surface area contributed by atoms with Gasteiger partial charge in [-0.1, -0.05) is 18.2 Å². The van der Waals surface area contributed by atoms with E-state index in [1.54, 1.807) is 0 Å². The Morgan fingerprint density at radius 1 is 1.26 bits per heavy atom. The van der Waals surface area contributed by atoms with E-state index in [9.17, 15) is 18.0 Å². The summed E-state index contributed by atoms with van der Waals surface area (Å²) in [6.45, 7) is 0. The third kappa shape index (κ3) is 3.56. The van der Waals surface area contributed by atoms with Crippen molar-refractivity contribution in [3.05, 3.63) is 40.9 Å². The Morgan fingerprint density at radius 2 is 1.89 bits per heavy atom. The van der Waals surface area contributed by atoms with Gasteiger partial charge in [-0.2, -0.15) is 13.2 Å². The van der Waals surface area contributed by atoms with E-state index in [-0.39, 0.29) is 45.0 Å². The molecule has 8 heteroatoms. The molecule has 1 aromatic carbocycles. The summed E-state index contributed by atoms with van der Waals surface area (Å²) in [6.07, 6.45) is -3.44. The van der Waals surface area contributed by atoms with Crippen LogP contribution < -0.4 is 0 Å². The minimum absolute atomic E-state index is 0. The molecule has 2 rings (SSSR count). The van der Waals surface area contributed by atoms with Crippen LogP contribution in [0.1, 0.15) is 15.2 Å². The molecule has 0 aliphatic rings. The fourth-order valence-corrected chi connectivity index (χ4v) is 2.21. The molecule has 2 aromatic rings. The van der Waals surface area contributed by atoms with Gasteiger partial charge in [-0.25, -0.2) is 9.78 Å². The second-order valence-corrected chi connectivity index (χ2v) is 4.41. The van der Waals surface area contributed by atoms with Crippen LogP contribution in [-0.4, -0.2) is 45.6 Å². The number of alkyl halides is 3. The summed E-state index contributed by atoms with van der Waals surface area (Å²) < 4.78 is 38.3. The Labute approximate surface area is 132 Å². The van der Waals surface area contributed by atoms with Crippen LogP contribution in [0, 0.1) is 0 Å². The summed E-state index contributed by atoms with van der Waals surface area (Å²) in [5.41, 5.74) is -0.932. The van der Waals surface area contributed by atoms with Gasteiger partial charge < -0.3 is 5.11 Å². The van der Waals surface area contributed by atoms with Crippen molar-refractivity contribution >= 4 is 46.9 Å². The molecular weight excluding hydrogens is 290 g/mol. The number of hydrogen-bond acceptors (Lipinski definition) is 3. The maximum Gasteiger partial charge on any atom is 0.417 e. The van der Waals surface area contributed by atoms with E-state index in [1.807, 2.05) is 0 Å². The van der Waals surface area contributed by atoms with Gasteiger partial charge in [-0.3, -0.25) is 0 Å². The quantitative estimate of drug-likeness (QED) is 0.866. The van der Waals surface area contributed by atoms with E-state index in [0.29, 0.717) is 11.3 Å². The number of benzene rings is 1. The second kappa shape index (κ2) is 6.04.